The number of carbonyl (C=O) groups excluding carboxylic acids is 2. The van der Waals surface area contributed by atoms with Crippen molar-refractivity contribution in [1.29, 1.82) is 0 Å². The fourth-order valence-electron chi connectivity index (χ4n) is 4.28. The standard InChI is InChI=1S/C22H30BFO4/c1-21(2,3)17-13-16(24)5-6-18(17)28-14-15-7-11-23(12-8-15)19(25)22(9-10-22)20(26)27-4/h5-6,13,15H,7-12,14H2,1-4H3. The number of hydrogen-bond donors (Lipinski definition) is 0. The van der Waals surface area contributed by atoms with Gasteiger partial charge < -0.3 is 14.3 Å². The molecule has 6 heteroatoms. The van der Waals surface area contributed by atoms with E-state index in [2.05, 4.69) is 0 Å². The summed E-state index contributed by atoms with van der Waals surface area (Å²) in [7, 11) is 1.35. The van der Waals surface area contributed by atoms with Crippen LogP contribution in [0.2, 0.25) is 12.6 Å². The van der Waals surface area contributed by atoms with Crippen molar-refractivity contribution in [2.75, 3.05) is 13.7 Å². The molecule has 4 nitrogen and oxygen atoms in total. The Morgan fingerprint density at radius 3 is 2.39 bits per heavy atom. The molecule has 1 saturated heterocycles. The molecule has 3 rings (SSSR count). The van der Waals surface area contributed by atoms with E-state index >= 15 is 0 Å². The number of hydrogen-bond acceptors (Lipinski definition) is 4. The van der Waals surface area contributed by atoms with E-state index in [1.54, 1.807) is 12.1 Å². The fourth-order valence-corrected chi connectivity index (χ4v) is 4.28. The third-order valence-electron chi connectivity index (χ3n) is 6.24. The van der Waals surface area contributed by atoms with Crippen molar-refractivity contribution < 1.29 is 23.5 Å². The molecule has 1 aromatic rings. The van der Waals surface area contributed by atoms with Crippen molar-refractivity contribution in [3.63, 3.8) is 0 Å². The molecular formula is C22H30BFO4. The smallest absolute Gasteiger partial charge is 0.318 e. The lowest BCUT2D eigenvalue weighted by atomic mass is 9.36. The monoisotopic (exact) mass is 388 g/mol. The van der Waals surface area contributed by atoms with Crippen molar-refractivity contribution >= 4 is 18.4 Å². The van der Waals surface area contributed by atoms with Gasteiger partial charge in [-0.25, -0.2) is 4.39 Å². The Labute approximate surface area is 167 Å². The summed E-state index contributed by atoms with van der Waals surface area (Å²) in [5, 5.41) is 0. The molecule has 1 aliphatic heterocycles. The van der Waals surface area contributed by atoms with Gasteiger partial charge in [-0.2, -0.15) is 0 Å². The lowest BCUT2D eigenvalue weighted by Crippen LogP contribution is -2.41. The predicted octanol–water partition coefficient (Wildman–Crippen LogP) is 4.47. The van der Waals surface area contributed by atoms with Crippen LogP contribution in [-0.2, 0) is 19.7 Å². The first-order valence-electron chi connectivity index (χ1n) is 10.2. The zero-order valence-electron chi connectivity index (χ0n) is 17.3. The van der Waals surface area contributed by atoms with Gasteiger partial charge in [-0.15, -0.1) is 0 Å². The number of carbonyl (C=O) groups is 2. The molecule has 0 N–H and O–H groups in total. The number of esters is 1. The quantitative estimate of drug-likeness (QED) is 0.410. The van der Waals surface area contributed by atoms with Crippen LogP contribution in [-0.4, -0.2) is 32.1 Å². The molecule has 0 unspecified atom stereocenters. The molecule has 0 radical (unpaired) electrons. The summed E-state index contributed by atoms with van der Waals surface area (Å²) in [6.45, 7) is 6.65. The van der Waals surface area contributed by atoms with Gasteiger partial charge in [-0.3, -0.25) is 4.79 Å². The van der Waals surface area contributed by atoms with Crippen LogP contribution >= 0.6 is 0 Å². The first-order valence-corrected chi connectivity index (χ1v) is 10.2. The maximum Gasteiger partial charge on any atom is 0.318 e. The summed E-state index contributed by atoms with van der Waals surface area (Å²) >= 11 is 0. The average molecular weight is 388 g/mol. The van der Waals surface area contributed by atoms with E-state index in [9.17, 15) is 14.0 Å². The van der Waals surface area contributed by atoms with Crippen LogP contribution in [0, 0.1) is 17.2 Å². The first-order chi connectivity index (χ1) is 13.2. The van der Waals surface area contributed by atoms with E-state index in [0.29, 0.717) is 25.4 Å². The summed E-state index contributed by atoms with van der Waals surface area (Å²) in [6.07, 6.45) is 4.64. The Morgan fingerprint density at radius 1 is 1.21 bits per heavy atom. The van der Waals surface area contributed by atoms with Crippen LogP contribution in [0.1, 0.15) is 52.0 Å². The topological polar surface area (TPSA) is 52.6 Å². The minimum absolute atomic E-state index is 0.0474. The van der Waals surface area contributed by atoms with Gasteiger partial charge >= 0.3 is 5.97 Å². The van der Waals surface area contributed by atoms with Crippen molar-refractivity contribution in [3.05, 3.63) is 29.6 Å². The number of rotatable bonds is 6. The van der Waals surface area contributed by atoms with Gasteiger partial charge in [-0.05, 0) is 42.4 Å². The largest absolute Gasteiger partial charge is 0.493 e. The third-order valence-corrected chi connectivity index (χ3v) is 6.24. The van der Waals surface area contributed by atoms with E-state index < -0.39 is 5.41 Å². The summed E-state index contributed by atoms with van der Waals surface area (Å²) in [5.74, 6) is 0.481. The summed E-state index contributed by atoms with van der Waals surface area (Å²) in [4.78, 5) is 24.7. The first kappa shape index (κ1) is 20.9. The van der Waals surface area contributed by atoms with Gasteiger partial charge in [0.05, 0.1) is 13.7 Å². The molecule has 0 bridgehead atoms. The number of halogens is 1. The molecule has 28 heavy (non-hydrogen) atoms. The molecule has 1 aliphatic carbocycles. The molecule has 0 aromatic heterocycles. The number of methoxy groups -OCH3 is 1. The molecule has 0 spiro atoms. The SMILES string of the molecule is COC(=O)C1(C(=O)B2CCC(COc3ccc(F)cc3C(C)(C)C)CC2)CC1. The zero-order chi connectivity index (χ0) is 20.5. The molecule has 152 valence electrons. The molecule has 0 amide bonds. The molecule has 2 fully saturated rings. The average Bonchev–Trinajstić information content (AvgIpc) is 3.47. The number of benzene rings is 1. The lowest BCUT2D eigenvalue weighted by molar-refractivity contribution is -0.149. The van der Waals surface area contributed by atoms with Gasteiger partial charge in [-0.1, -0.05) is 46.3 Å². The second-order valence-electron chi connectivity index (χ2n) is 9.36. The predicted molar refractivity (Wildman–Crippen MR) is 107 cm³/mol. The van der Waals surface area contributed by atoms with Crippen molar-refractivity contribution in [3.8, 4) is 5.75 Å². The normalized spacial score (nSPS) is 19.2. The van der Waals surface area contributed by atoms with Gasteiger partial charge in [0.15, 0.2) is 0 Å². The van der Waals surface area contributed by atoms with E-state index in [0.717, 1.165) is 36.8 Å². The van der Waals surface area contributed by atoms with Crippen molar-refractivity contribution in [2.45, 2.75) is 64.5 Å². The second kappa shape index (κ2) is 7.88. The zero-order valence-corrected chi connectivity index (χ0v) is 17.3. The van der Waals surface area contributed by atoms with E-state index in [1.165, 1.54) is 13.2 Å². The Hall–Kier alpha value is -1.85. The number of ether oxygens (including phenoxy) is 2. The Bertz CT molecular complexity index is 743. The molecule has 1 heterocycles. The van der Waals surface area contributed by atoms with Crippen LogP contribution in [0.25, 0.3) is 0 Å². The van der Waals surface area contributed by atoms with Gasteiger partial charge in [0.2, 0.25) is 6.71 Å². The van der Waals surface area contributed by atoms with Crippen molar-refractivity contribution in [2.24, 2.45) is 11.3 Å². The third kappa shape index (κ3) is 4.26. The minimum Gasteiger partial charge on any atom is -0.493 e. The highest BCUT2D eigenvalue weighted by Crippen LogP contribution is 2.49. The Kier molecular flexibility index (Phi) is 5.88. The van der Waals surface area contributed by atoms with Crippen LogP contribution in [0.3, 0.4) is 0 Å². The molecule has 2 aliphatic rings. The van der Waals surface area contributed by atoms with Crippen LogP contribution in [0.4, 0.5) is 4.39 Å². The van der Waals surface area contributed by atoms with Gasteiger partial charge in [0.25, 0.3) is 0 Å². The van der Waals surface area contributed by atoms with E-state index in [-0.39, 0.29) is 29.6 Å². The molecular weight excluding hydrogens is 358 g/mol. The second-order valence-corrected chi connectivity index (χ2v) is 9.36. The lowest BCUT2D eigenvalue weighted by Gasteiger charge is -2.29. The van der Waals surface area contributed by atoms with E-state index in [1.807, 2.05) is 20.8 Å². The van der Waals surface area contributed by atoms with Crippen molar-refractivity contribution in [1.82, 2.24) is 0 Å². The highest BCUT2D eigenvalue weighted by molar-refractivity contribution is 6.91. The molecule has 1 aromatic carbocycles. The van der Waals surface area contributed by atoms with E-state index in [4.69, 9.17) is 9.47 Å². The fraction of sp³-hybridized carbons (Fsp3) is 0.636. The highest BCUT2D eigenvalue weighted by Gasteiger charge is 2.59. The molecule has 1 saturated carbocycles. The summed E-state index contributed by atoms with van der Waals surface area (Å²) < 4.78 is 24.6. The van der Waals surface area contributed by atoms with Crippen LogP contribution in [0.5, 0.6) is 5.75 Å². The maximum atomic E-state index is 13.7. The Morgan fingerprint density at radius 2 is 1.86 bits per heavy atom. The van der Waals surface area contributed by atoms with Crippen LogP contribution in [0.15, 0.2) is 18.2 Å². The molecule has 0 atom stereocenters. The Balaban J connectivity index is 1.55. The highest BCUT2D eigenvalue weighted by atomic mass is 19.1. The van der Waals surface area contributed by atoms with Crippen LogP contribution < -0.4 is 4.74 Å². The maximum absolute atomic E-state index is 13.7. The minimum atomic E-state index is -0.849. The summed E-state index contributed by atoms with van der Waals surface area (Å²) in [6, 6.07) is 4.69. The van der Waals surface area contributed by atoms with Gasteiger partial charge in [0, 0.05) is 5.56 Å². The summed E-state index contributed by atoms with van der Waals surface area (Å²) in [5.41, 5.74) is -0.107. The van der Waals surface area contributed by atoms with Gasteiger partial charge in [0.1, 0.15) is 22.7 Å².